The van der Waals surface area contributed by atoms with E-state index < -0.39 is 0 Å². The highest BCUT2D eigenvalue weighted by molar-refractivity contribution is 5.38. The van der Waals surface area contributed by atoms with Crippen LogP contribution < -0.4 is 0 Å². The van der Waals surface area contributed by atoms with Crippen LogP contribution in [0, 0.1) is 29.1 Å². The second-order valence-corrected chi connectivity index (χ2v) is 7.42. The zero-order chi connectivity index (χ0) is 19.1. The van der Waals surface area contributed by atoms with Gasteiger partial charge in [0.2, 0.25) is 0 Å². The maximum absolute atomic E-state index is 8.92. The summed E-state index contributed by atoms with van der Waals surface area (Å²) in [4.78, 5) is 0. The minimum Gasteiger partial charge on any atom is -0.192 e. The maximum Gasteiger partial charge on any atom is 0.0991 e. The predicted molar refractivity (Wildman–Crippen MR) is 112 cm³/mol. The molecule has 2 aromatic carbocycles. The molecule has 0 N–H and O–H groups in total. The lowest BCUT2D eigenvalue weighted by atomic mass is 9.79. The van der Waals surface area contributed by atoms with E-state index in [1.54, 1.807) is 0 Å². The average molecular weight is 354 g/mol. The average Bonchev–Trinajstić information content (AvgIpc) is 2.74. The van der Waals surface area contributed by atoms with Gasteiger partial charge in [0, 0.05) is 17.4 Å². The number of nitriles is 1. The Bertz CT molecular complexity index is 848. The minimum absolute atomic E-state index is 0.435. The molecule has 0 amide bonds. The van der Waals surface area contributed by atoms with Crippen molar-refractivity contribution in [3.63, 3.8) is 0 Å². The maximum atomic E-state index is 8.92. The van der Waals surface area contributed by atoms with Crippen LogP contribution in [-0.2, 0) is 0 Å². The van der Waals surface area contributed by atoms with Gasteiger partial charge in [0.15, 0.2) is 0 Å². The summed E-state index contributed by atoms with van der Waals surface area (Å²) in [6.07, 6.45) is 7.78. The normalized spacial score (nSPS) is 20.0. The molecule has 1 heteroatoms. The second-order valence-electron chi connectivity index (χ2n) is 7.42. The molecule has 1 unspecified atom stereocenters. The predicted octanol–water partition coefficient (Wildman–Crippen LogP) is 6.56. The number of hydrogen-bond donors (Lipinski definition) is 0. The van der Waals surface area contributed by atoms with Crippen molar-refractivity contribution in [3.05, 3.63) is 83.4 Å². The van der Waals surface area contributed by atoms with Crippen molar-refractivity contribution in [1.82, 2.24) is 0 Å². The summed E-state index contributed by atoms with van der Waals surface area (Å²) in [6.45, 7) is 6.11. The molecule has 1 saturated carbocycles. The molecule has 1 atom stereocenters. The van der Waals surface area contributed by atoms with E-state index in [1.807, 2.05) is 18.2 Å². The van der Waals surface area contributed by atoms with Gasteiger partial charge in [-0.3, -0.25) is 0 Å². The van der Waals surface area contributed by atoms with Gasteiger partial charge in [-0.05, 0) is 73.4 Å². The molecule has 0 heterocycles. The molecule has 1 fully saturated rings. The fraction of sp³-hybridized carbons (Fsp3) is 0.346. The standard InChI is InChI=1S/C26H27N/c1-3-23(4-2)24-13-7-20(8-14-24)5-6-21-9-15-25(16-10-21)26-17-11-22(19-27)12-18-26/h3,7-8,11-14,17-18,21,23,25H,1,4,9-10,15-16H2,2H3. The third-order valence-corrected chi connectivity index (χ3v) is 5.72. The smallest absolute Gasteiger partial charge is 0.0991 e. The van der Waals surface area contributed by atoms with Crippen molar-refractivity contribution >= 4 is 0 Å². The van der Waals surface area contributed by atoms with Crippen molar-refractivity contribution in [3.8, 4) is 17.9 Å². The van der Waals surface area contributed by atoms with Gasteiger partial charge in [-0.25, -0.2) is 0 Å². The minimum atomic E-state index is 0.435. The zero-order valence-electron chi connectivity index (χ0n) is 16.1. The summed E-state index contributed by atoms with van der Waals surface area (Å²) in [5.41, 5.74) is 4.53. The first-order chi connectivity index (χ1) is 13.2. The highest BCUT2D eigenvalue weighted by Crippen LogP contribution is 2.35. The molecule has 1 nitrogen and oxygen atoms in total. The third-order valence-electron chi connectivity index (χ3n) is 5.72. The van der Waals surface area contributed by atoms with E-state index >= 15 is 0 Å². The van der Waals surface area contributed by atoms with E-state index in [0.29, 0.717) is 17.8 Å². The molecule has 0 spiro atoms. The van der Waals surface area contributed by atoms with Crippen molar-refractivity contribution < 1.29 is 0 Å². The molecule has 1 aliphatic rings. The van der Waals surface area contributed by atoms with Crippen LogP contribution in [0.2, 0.25) is 0 Å². The van der Waals surface area contributed by atoms with Gasteiger partial charge in [-0.15, -0.1) is 6.58 Å². The summed E-state index contributed by atoms with van der Waals surface area (Å²) >= 11 is 0. The van der Waals surface area contributed by atoms with Crippen LogP contribution >= 0.6 is 0 Å². The Morgan fingerprint density at radius 2 is 1.63 bits per heavy atom. The summed E-state index contributed by atoms with van der Waals surface area (Å²) in [5.74, 6) is 8.41. The van der Waals surface area contributed by atoms with E-state index in [1.165, 1.54) is 24.0 Å². The number of benzene rings is 2. The highest BCUT2D eigenvalue weighted by atomic mass is 14.3. The molecular weight excluding hydrogens is 326 g/mol. The Morgan fingerprint density at radius 3 is 2.19 bits per heavy atom. The Labute approximate surface area is 163 Å². The van der Waals surface area contributed by atoms with Gasteiger partial charge in [0.25, 0.3) is 0 Å². The molecule has 0 aromatic heterocycles. The van der Waals surface area contributed by atoms with Crippen LogP contribution in [0.1, 0.15) is 73.1 Å². The van der Waals surface area contributed by atoms with E-state index in [4.69, 9.17) is 5.26 Å². The Balaban J connectivity index is 1.56. The lowest BCUT2D eigenvalue weighted by molar-refractivity contribution is 0.384. The van der Waals surface area contributed by atoms with E-state index in [2.05, 4.69) is 67.8 Å². The van der Waals surface area contributed by atoms with Crippen LogP contribution in [0.25, 0.3) is 0 Å². The second kappa shape index (κ2) is 9.25. The summed E-state index contributed by atoms with van der Waals surface area (Å²) < 4.78 is 0. The number of nitrogens with zero attached hydrogens (tertiary/aromatic N) is 1. The number of rotatable bonds is 4. The monoisotopic (exact) mass is 353 g/mol. The van der Waals surface area contributed by atoms with Gasteiger partial charge in [-0.1, -0.05) is 49.1 Å². The van der Waals surface area contributed by atoms with E-state index in [9.17, 15) is 0 Å². The van der Waals surface area contributed by atoms with Crippen molar-refractivity contribution in [2.75, 3.05) is 0 Å². The first-order valence-corrected chi connectivity index (χ1v) is 9.97. The molecule has 0 saturated heterocycles. The van der Waals surface area contributed by atoms with Crippen LogP contribution in [0.4, 0.5) is 0 Å². The molecule has 136 valence electrons. The molecule has 1 aliphatic carbocycles. The fourth-order valence-corrected chi connectivity index (χ4v) is 3.94. The topological polar surface area (TPSA) is 23.8 Å². The quantitative estimate of drug-likeness (QED) is 0.451. The Morgan fingerprint density at radius 1 is 1.00 bits per heavy atom. The molecular formula is C26H27N. The first-order valence-electron chi connectivity index (χ1n) is 9.97. The molecule has 27 heavy (non-hydrogen) atoms. The molecule has 0 radical (unpaired) electrons. The largest absolute Gasteiger partial charge is 0.192 e. The molecule has 0 bridgehead atoms. The summed E-state index contributed by atoms with van der Waals surface area (Å²) in [6, 6.07) is 18.9. The number of hydrogen-bond acceptors (Lipinski definition) is 1. The molecule has 3 rings (SSSR count). The summed E-state index contributed by atoms with van der Waals surface area (Å²) in [5, 5.41) is 8.92. The van der Waals surface area contributed by atoms with E-state index in [0.717, 1.165) is 30.4 Å². The van der Waals surface area contributed by atoms with Gasteiger partial charge >= 0.3 is 0 Å². The van der Waals surface area contributed by atoms with Crippen molar-refractivity contribution in [1.29, 1.82) is 5.26 Å². The lowest BCUT2D eigenvalue weighted by Crippen LogP contribution is -2.12. The lowest BCUT2D eigenvalue weighted by Gasteiger charge is -2.26. The SMILES string of the molecule is C=CC(CC)c1ccc(C#CC2CCC(c3ccc(C#N)cc3)CC2)cc1. The Kier molecular flexibility index (Phi) is 6.51. The zero-order valence-corrected chi connectivity index (χ0v) is 16.1. The Hall–Kier alpha value is -2.77. The van der Waals surface area contributed by atoms with Crippen LogP contribution in [-0.4, -0.2) is 0 Å². The first kappa shape index (κ1) is 19.0. The number of allylic oxidation sites excluding steroid dienone is 1. The third kappa shape index (κ3) is 4.90. The van der Waals surface area contributed by atoms with Crippen molar-refractivity contribution in [2.45, 2.75) is 50.9 Å². The van der Waals surface area contributed by atoms with Gasteiger partial charge in [0.05, 0.1) is 11.6 Å². The summed E-state index contributed by atoms with van der Waals surface area (Å²) in [7, 11) is 0. The van der Waals surface area contributed by atoms with E-state index in [-0.39, 0.29) is 0 Å². The molecule has 2 aromatic rings. The fourth-order valence-electron chi connectivity index (χ4n) is 3.94. The van der Waals surface area contributed by atoms with Gasteiger partial charge in [-0.2, -0.15) is 5.26 Å². The van der Waals surface area contributed by atoms with Gasteiger partial charge in [0.1, 0.15) is 0 Å². The van der Waals surface area contributed by atoms with Crippen molar-refractivity contribution in [2.24, 2.45) is 5.92 Å². The van der Waals surface area contributed by atoms with Crippen LogP contribution in [0.3, 0.4) is 0 Å². The molecule has 0 aliphatic heterocycles. The highest BCUT2D eigenvalue weighted by Gasteiger charge is 2.21. The van der Waals surface area contributed by atoms with Gasteiger partial charge < -0.3 is 0 Å². The van der Waals surface area contributed by atoms with Crippen LogP contribution in [0.15, 0.2) is 61.2 Å². The van der Waals surface area contributed by atoms with Crippen LogP contribution in [0.5, 0.6) is 0 Å².